The molecule has 102 valence electrons. The molecular weight excluding hydrogens is 242 g/mol. The summed E-state index contributed by atoms with van der Waals surface area (Å²) in [4.78, 5) is 0. The van der Waals surface area contributed by atoms with Crippen molar-refractivity contribution in [2.24, 2.45) is 0 Å². The number of nitrogens with one attached hydrogen (secondary N) is 1. The molecule has 2 unspecified atom stereocenters. The first-order valence-corrected chi connectivity index (χ1v) is 6.93. The number of benzene rings is 2. The van der Waals surface area contributed by atoms with Gasteiger partial charge in [0.05, 0.1) is 0 Å². The van der Waals surface area contributed by atoms with Crippen molar-refractivity contribution in [1.29, 1.82) is 0 Å². The normalized spacial score (nSPS) is 13.4. The van der Waals surface area contributed by atoms with Gasteiger partial charge in [0.15, 0.2) is 0 Å². The minimum atomic E-state index is 0.203. The monoisotopic (exact) mass is 263 g/mol. The van der Waals surface area contributed by atoms with E-state index in [9.17, 15) is 0 Å². The van der Waals surface area contributed by atoms with Gasteiger partial charge in [0.1, 0.15) is 0 Å². The molecule has 20 heavy (non-hydrogen) atoms. The standard InChI is InChI=1S/C19H21N/c1-3-15-20-19(17-13-9-6-10-14-17)18(4-2)16-11-7-5-8-12-16/h3-14,18-20H,1-2,15H2. The van der Waals surface area contributed by atoms with Gasteiger partial charge in [-0.25, -0.2) is 0 Å². The van der Waals surface area contributed by atoms with Crippen molar-refractivity contribution in [1.82, 2.24) is 5.32 Å². The van der Waals surface area contributed by atoms with Crippen LogP contribution in [0.4, 0.5) is 0 Å². The van der Waals surface area contributed by atoms with Crippen LogP contribution in [0.1, 0.15) is 23.1 Å². The molecule has 0 spiro atoms. The van der Waals surface area contributed by atoms with Crippen LogP contribution in [0.5, 0.6) is 0 Å². The lowest BCUT2D eigenvalue weighted by Crippen LogP contribution is -2.26. The number of hydrogen-bond acceptors (Lipinski definition) is 1. The van der Waals surface area contributed by atoms with E-state index in [4.69, 9.17) is 0 Å². The van der Waals surface area contributed by atoms with E-state index in [0.29, 0.717) is 0 Å². The SMILES string of the molecule is C=CCNC(c1ccccc1)C(C=C)c1ccccc1. The van der Waals surface area contributed by atoms with Crippen LogP contribution < -0.4 is 5.32 Å². The van der Waals surface area contributed by atoms with Crippen LogP contribution in [0.15, 0.2) is 86.0 Å². The number of rotatable bonds is 7. The Labute approximate surface area is 121 Å². The van der Waals surface area contributed by atoms with E-state index >= 15 is 0 Å². The van der Waals surface area contributed by atoms with Crippen LogP contribution in [-0.4, -0.2) is 6.54 Å². The third-order valence-corrected chi connectivity index (χ3v) is 3.44. The van der Waals surface area contributed by atoms with E-state index in [1.54, 1.807) is 0 Å². The first kappa shape index (κ1) is 14.3. The van der Waals surface area contributed by atoms with E-state index in [-0.39, 0.29) is 12.0 Å². The minimum absolute atomic E-state index is 0.203. The molecule has 2 rings (SSSR count). The average molecular weight is 263 g/mol. The van der Waals surface area contributed by atoms with Gasteiger partial charge in [-0.05, 0) is 11.1 Å². The fourth-order valence-corrected chi connectivity index (χ4v) is 2.46. The molecule has 0 amide bonds. The van der Waals surface area contributed by atoms with E-state index in [0.717, 1.165) is 6.54 Å². The molecular formula is C19H21N. The maximum Gasteiger partial charge on any atom is 0.0427 e. The molecule has 0 fully saturated rings. The maximum absolute atomic E-state index is 4.03. The van der Waals surface area contributed by atoms with Crippen molar-refractivity contribution in [3.8, 4) is 0 Å². The minimum Gasteiger partial charge on any atom is -0.306 e. The summed E-state index contributed by atoms with van der Waals surface area (Å²) in [5.74, 6) is 0.235. The quantitative estimate of drug-likeness (QED) is 0.727. The molecule has 0 aliphatic heterocycles. The molecule has 0 radical (unpaired) electrons. The van der Waals surface area contributed by atoms with Crippen LogP contribution >= 0.6 is 0 Å². The molecule has 0 saturated heterocycles. The summed E-state index contributed by atoms with van der Waals surface area (Å²) in [5, 5.41) is 3.55. The molecule has 1 N–H and O–H groups in total. The highest BCUT2D eigenvalue weighted by atomic mass is 14.9. The van der Waals surface area contributed by atoms with Crippen LogP contribution in [0, 0.1) is 0 Å². The third kappa shape index (κ3) is 3.46. The summed E-state index contributed by atoms with van der Waals surface area (Å²) >= 11 is 0. The van der Waals surface area contributed by atoms with Gasteiger partial charge in [0, 0.05) is 18.5 Å². The Morgan fingerprint density at radius 2 is 1.40 bits per heavy atom. The van der Waals surface area contributed by atoms with Gasteiger partial charge < -0.3 is 5.32 Å². The Balaban J connectivity index is 2.33. The lowest BCUT2D eigenvalue weighted by Gasteiger charge is -2.26. The fraction of sp³-hybridized carbons (Fsp3) is 0.158. The summed E-state index contributed by atoms with van der Waals surface area (Å²) < 4.78 is 0. The first-order valence-electron chi connectivity index (χ1n) is 6.93. The zero-order valence-corrected chi connectivity index (χ0v) is 11.7. The van der Waals surface area contributed by atoms with E-state index < -0.39 is 0 Å². The molecule has 0 aliphatic carbocycles. The van der Waals surface area contributed by atoms with Gasteiger partial charge in [-0.1, -0.05) is 72.8 Å². The lowest BCUT2D eigenvalue weighted by molar-refractivity contribution is 0.520. The Hall–Kier alpha value is -2.12. The summed E-state index contributed by atoms with van der Waals surface area (Å²) in [7, 11) is 0. The zero-order valence-electron chi connectivity index (χ0n) is 11.7. The predicted molar refractivity (Wildman–Crippen MR) is 86.8 cm³/mol. The fourth-order valence-electron chi connectivity index (χ4n) is 2.46. The van der Waals surface area contributed by atoms with E-state index in [1.807, 2.05) is 24.3 Å². The van der Waals surface area contributed by atoms with Crippen molar-refractivity contribution in [2.75, 3.05) is 6.54 Å². The average Bonchev–Trinajstić information content (AvgIpc) is 2.53. The Morgan fingerprint density at radius 1 is 0.850 bits per heavy atom. The van der Waals surface area contributed by atoms with Crippen molar-refractivity contribution in [3.05, 3.63) is 97.1 Å². The molecule has 0 aliphatic rings. The molecule has 2 atom stereocenters. The smallest absolute Gasteiger partial charge is 0.0427 e. The van der Waals surface area contributed by atoms with Crippen molar-refractivity contribution in [2.45, 2.75) is 12.0 Å². The van der Waals surface area contributed by atoms with Crippen LogP contribution in [-0.2, 0) is 0 Å². The van der Waals surface area contributed by atoms with Gasteiger partial charge in [-0.3, -0.25) is 0 Å². The van der Waals surface area contributed by atoms with E-state index in [2.05, 4.69) is 67.0 Å². The Kier molecular flexibility index (Phi) is 5.33. The highest BCUT2D eigenvalue weighted by molar-refractivity contribution is 5.31. The molecule has 2 aromatic rings. The lowest BCUT2D eigenvalue weighted by atomic mass is 9.87. The predicted octanol–water partition coefficient (Wildman–Crippen LogP) is 4.47. The molecule has 0 bridgehead atoms. The van der Waals surface area contributed by atoms with Gasteiger partial charge in [0.25, 0.3) is 0 Å². The van der Waals surface area contributed by atoms with Crippen LogP contribution in [0.25, 0.3) is 0 Å². The number of hydrogen-bond donors (Lipinski definition) is 1. The summed E-state index contributed by atoms with van der Waals surface area (Å²) in [6.07, 6.45) is 3.91. The van der Waals surface area contributed by atoms with Crippen molar-refractivity contribution in [3.63, 3.8) is 0 Å². The second-order valence-corrected chi connectivity index (χ2v) is 4.76. The van der Waals surface area contributed by atoms with Crippen molar-refractivity contribution < 1.29 is 0 Å². The Morgan fingerprint density at radius 3 is 1.90 bits per heavy atom. The third-order valence-electron chi connectivity index (χ3n) is 3.44. The van der Waals surface area contributed by atoms with Gasteiger partial charge in [-0.15, -0.1) is 13.2 Å². The highest BCUT2D eigenvalue weighted by Crippen LogP contribution is 2.31. The maximum atomic E-state index is 4.03. The van der Waals surface area contributed by atoms with Crippen LogP contribution in [0.3, 0.4) is 0 Å². The summed E-state index contributed by atoms with van der Waals surface area (Å²) in [6.45, 7) is 8.60. The second kappa shape index (κ2) is 7.46. The molecule has 0 heterocycles. The van der Waals surface area contributed by atoms with Gasteiger partial charge in [0.2, 0.25) is 0 Å². The molecule has 0 aromatic heterocycles. The molecule has 1 heteroatoms. The first-order chi connectivity index (χ1) is 9.86. The second-order valence-electron chi connectivity index (χ2n) is 4.76. The van der Waals surface area contributed by atoms with Crippen molar-refractivity contribution >= 4 is 0 Å². The molecule has 1 nitrogen and oxygen atoms in total. The highest BCUT2D eigenvalue weighted by Gasteiger charge is 2.21. The largest absolute Gasteiger partial charge is 0.306 e. The van der Waals surface area contributed by atoms with Gasteiger partial charge >= 0.3 is 0 Å². The zero-order chi connectivity index (χ0) is 14.2. The van der Waals surface area contributed by atoms with Gasteiger partial charge in [-0.2, -0.15) is 0 Å². The summed E-state index contributed by atoms with van der Waals surface area (Å²) in [6, 6.07) is 21.2. The summed E-state index contributed by atoms with van der Waals surface area (Å²) in [5.41, 5.74) is 2.54. The topological polar surface area (TPSA) is 12.0 Å². The molecule has 2 aromatic carbocycles. The Bertz CT molecular complexity index is 530. The molecule has 0 saturated carbocycles. The van der Waals surface area contributed by atoms with E-state index in [1.165, 1.54) is 11.1 Å². The van der Waals surface area contributed by atoms with Crippen LogP contribution in [0.2, 0.25) is 0 Å².